The first-order chi connectivity index (χ1) is 19.7. The van der Waals surface area contributed by atoms with E-state index >= 15 is 0 Å². The third kappa shape index (κ3) is 3.93. The number of benzene rings is 2. The van der Waals surface area contributed by atoms with Crippen LogP contribution in [0.15, 0.2) is 71.2 Å². The van der Waals surface area contributed by atoms with Crippen molar-refractivity contribution < 1.29 is 24.2 Å². The Bertz CT molecular complexity index is 1460. The van der Waals surface area contributed by atoms with E-state index in [-0.39, 0.29) is 40.8 Å². The standard InChI is InChI=1S/C35H40O5S/c1-4-8-31-39-30-18-26-25-14-13-22-17-23(36)15-16-33(22,2)32(25)27(37)19-34(26,3)35(30,40-31)29(38)20-41-28-12-7-10-21-9-5-6-11-24(21)28/h5-7,9-12,15-17,25-27,30-32,37H,4,8,13-14,18-20H2,1-3H3/t25?,26?,27-,30+,31?,32?,33?,34?,35+/m0/s1. The Balaban J connectivity index is 1.23. The van der Waals surface area contributed by atoms with Gasteiger partial charge in [0.15, 0.2) is 23.5 Å². The zero-order valence-corrected chi connectivity index (χ0v) is 25.0. The molecule has 2 aromatic carbocycles. The van der Waals surface area contributed by atoms with Crippen molar-refractivity contribution in [3.8, 4) is 0 Å². The second-order valence-electron chi connectivity index (χ2n) is 13.3. The smallest absolute Gasteiger partial charge is 0.178 e. The third-order valence-corrected chi connectivity index (χ3v) is 12.4. The maximum absolute atomic E-state index is 14.6. The van der Waals surface area contributed by atoms with Crippen LogP contribution in [0.3, 0.4) is 0 Å². The largest absolute Gasteiger partial charge is 0.393 e. The highest BCUT2D eigenvalue weighted by Crippen LogP contribution is 2.69. The fourth-order valence-corrected chi connectivity index (χ4v) is 10.6. The van der Waals surface area contributed by atoms with Crippen molar-refractivity contribution >= 4 is 34.1 Å². The number of thioether (sulfide) groups is 1. The zero-order chi connectivity index (χ0) is 28.6. The van der Waals surface area contributed by atoms with Crippen molar-refractivity contribution in [1.29, 1.82) is 0 Å². The van der Waals surface area contributed by atoms with Crippen LogP contribution in [0.1, 0.15) is 59.3 Å². The molecule has 1 N–H and O–H groups in total. The summed E-state index contributed by atoms with van der Waals surface area (Å²) in [6.45, 7) is 6.50. The van der Waals surface area contributed by atoms with Gasteiger partial charge >= 0.3 is 0 Å². The van der Waals surface area contributed by atoms with E-state index < -0.39 is 23.4 Å². The Morgan fingerprint density at radius 2 is 1.95 bits per heavy atom. The van der Waals surface area contributed by atoms with Gasteiger partial charge in [-0.2, -0.15) is 0 Å². The Morgan fingerprint density at radius 3 is 2.78 bits per heavy atom. The number of ether oxygens (including phenoxy) is 2. The van der Waals surface area contributed by atoms with Gasteiger partial charge in [-0.3, -0.25) is 9.59 Å². The summed E-state index contributed by atoms with van der Waals surface area (Å²) < 4.78 is 13.4. The highest BCUT2D eigenvalue weighted by molar-refractivity contribution is 8.00. The lowest BCUT2D eigenvalue weighted by Crippen LogP contribution is -2.63. The van der Waals surface area contributed by atoms with Crippen molar-refractivity contribution in [3.63, 3.8) is 0 Å². The molecule has 4 fully saturated rings. The van der Waals surface area contributed by atoms with Crippen molar-refractivity contribution in [2.45, 2.75) is 88.3 Å². The highest BCUT2D eigenvalue weighted by Gasteiger charge is 2.75. The number of carbonyl (C=O) groups is 2. The van der Waals surface area contributed by atoms with Crippen molar-refractivity contribution in [2.75, 3.05) is 5.75 Å². The van der Waals surface area contributed by atoms with E-state index in [1.165, 1.54) is 0 Å². The Morgan fingerprint density at radius 1 is 1.15 bits per heavy atom. The number of hydrogen-bond donors (Lipinski definition) is 1. The SMILES string of the molecule is CCCC1O[C@@H]2CC3C4CCC5=CC(=O)C=CC5(C)C4[C@@H](O)CC3(C)[C@]2(C(=O)CSc2cccc3ccccc23)O1. The molecule has 1 heterocycles. The monoisotopic (exact) mass is 572 g/mol. The summed E-state index contributed by atoms with van der Waals surface area (Å²) in [5.74, 6) is 0.849. The number of rotatable bonds is 6. The van der Waals surface area contributed by atoms with E-state index in [1.807, 2.05) is 24.3 Å². The van der Waals surface area contributed by atoms with E-state index in [1.54, 1.807) is 23.9 Å². The van der Waals surface area contributed by atoms with Crippen LogP contribution >= 0.6 is 11.8 Å². The van der Waals surface area contributed by atoms with Crippen LogP contribution in [-0.4, -0.2) is 46.5 Å². The molecule has 41 heavy (non-hydrogen) atoms. The average Bonchev–Trinajstić information content (AvgIpc) is 3.44. The fraction of sp³-hybridized carbons (Fsp3) is 0.543. The van der Waals surface area contributed by atoms with Gasteiger partial charge in [0.25, 0.3) is 0 Å². The first-order valence-electron chi connectivity index (χ1n) is 15.3. The Hall–Kier alpha value is -2.25. The van der Waals surface area contributed by atoms with E-state index in [0.29, 0.717) is 12.2 Å². The minimum Gasteiger partial charge on any atom is -0.393 e. The molecule has 2 aromatic rings. The first kappa shape index (κ1) is 27.6. The fourth-order valence-electron chi connectivity index (χ4n) is 9.58. The van der Waals surface area contributed by atoms with Crippen molar-refractivity contribution in [1.82, 2.24) is 0 Å². The summed E-state index contributed by atoms with van der Waals surface area (Å²) in [7, 11) is 0. The molecule has 5 aliphatic rings. The topological polar surface area (TPSA) is 72.8 Å². The molecule has 0 aromatic heterocycles. The van der Waals surface area contributed by atoms with Gasteiger partial charge < -0.3 is 14.6 Å². The minimum atomic E-state index is -1.07. The molecule has 1 aliphatic heterocycles. The van der Waals surface area contributed by atoms with Crippen LogP contribution in [0.2, 0.25) is 0 Å². The molecule has 0 spiro atoms. The van der Waals surface area contributed by atoms with E-state index in [2.05, 4.69) is 45.0 Å². The normalized spacial score (nSPS) is 41.0. The quantitative estimate of drug-likeness (QED) is 0.390. The van der Waals surface area contributed by atoms with E-state index in [9.17, 15) is 14.7 Å². The minimum absolute atomic E-state index is 0.00685. The number of carbonyl (C=O) groups excluding carboxylic acids is 2. The molecule has 0 radical (unpaired) electrons. The number of allylic oxidation sites excluding steroid dienone is 4. The van der Waals surface area contributed by atoms with Crippen molar-refractivity contribution in [3.05, 3.63) is 66.3 Å². The predicted molar refractivity (Wildman–Crippen MR) is 160 cm³/mol. The summed E-state index contributed by atoms with van der Waals surface area (Å²) >= 11 is 1.58. The van der Waals surface area contributed by atoms with E-state index in [0.717, 1.165) is 53.3 Å². The van der Waals surface area contributed by atoms with E-state index in [4.69, 9.17) is 9.47 Å². The maximum atomic E-state index is 14.6. The second kappa shape index (κ2) is 9.90. The molecule has 0 bridgehead atoms. The summed E-state index contributed by atoms with van der Waals surface area (Å²) in [6, 6.07) is 14.5. The lowest BCUT2D eigenvalue weighted by atomic mass is 9.46. The maximum Gasteiger partial charge on any atom is 0.178 e. The molecule has 9 atom stereocenters. The highest BCUT2D eigenvalue weighted by atomic mass is 32.2. The molecule has 5 nitrogen and oxygen atoms in total. The average molecular weight is 573 g/mol. The van der Waals surface area contributed by atoms with Gasteiger partial charge in [-0.15, -0.1) is 11.8 Å². The van der Waals surface area contributed by atoms with Crippen LogP contribution in [0.4, 0.5) is 0 Å². The molecule has 6 unspecified atom stereocenters. The van der Waals surface area contributed by atoms with Crippen LogP contribution in [0.25, 0.3) is 10.8 Å². The predicted octanol–water partition coefficient (Wildman–Crippen LogP) is 6.67. The van der Waals surface area contributed by atoms with Gasteiger partial charge in [0.05, 0.1) is 18.0 Å². The van der Waals surface area contributed by atoms with Gasteiger partial charge in [0.2, 0.25) is 0 Å². The number of hydrogen-bond acceptors (Lipinski definition) is 6. The Labute approximate surface area is 246 Å². The molecule has 3 saturated carbocycles. The van der Waals surface area contributed by atoms with Gasteiger partial charge in [0, 0.05) is 21.6 Å². The Kier molecular flexibility index (Phi) is 6.66. The molecule has 4 aliphatic carbocycles. The van der Waals surface area contributed by atoms with Crippen LogP contribution in [0, 0.1) is 28.6 Å². The molecule has 1 saturated heterocycles. The molecule has 6 heteroatoms. The van der Waals surface area contributed by atoms with Gasteiger partial charge in [-0.1, -0.05) is 75.2 Å². The van der Waals surface area contributed by atoms with Crippen LogP contribution < -0.4 is 0 Å². The summed E-state index contributed by atoms with van der Waals surface area (Å²) in [4.78, 5) is 27.9. The van der Waals surface area contributed by atoms with Crippen molar-refractivity contribution in [2.24, 2.45) is 28.6 Å². The molecular formula is C35H40O5S. The van der Waals surface area contributed by atoms with Crippen LogP contribution in [-0.2, 0) is 19.1 Å². The summed E-state index contributed by atoms with van der Waals surface area (Å²) in [5.41, 5.74) is -0.817. The number of fused-ring (bicyclic) bond motifs is 8. The number of ketones is 2. The summed E-state index contributed by atoms with van der Waals surface area (Å²) in [6.07, 6.45) is 8.87. The van der Waals surface area contributed by atoms with Crippen LogP contribution in [0.5, 0.6) is 0 Å². The lowest BCUT2D eigenvalue weighted by molar-refractivity contribution is -0.197. The third-order valence-electron chi connectivity index (χ3n) is 11.3. The first-order valence-corrected chi connectivity index (χ1v) is 16.3. The number of aliphatic hydroxyl groups excluding tert-OH is 1. The number of aliphatic hydroxyl groups is 1. The van der Waals surface area contributed by atoms with Gasteiger partial charge in [-0.25, -0.2) is 0 Å². The zero-order valence-electron chi connectivity index (χ0n) is 24.2. The van der Waals surface area contributed by atoms with Gasteiger partial charge in [0.1, 0.15) is 0 Å². The molecule has 216 valence electrons. The second-order valence-corrected chi connectivity index (χ2v) is 14.4. The van der Waals surface area contributed by atoms with Gasteiger partial charge in [-0.05, 0) is 72.9 Å². The summed E-state index contributed by atoms with van der Waals surface area (Å²) in [5, 5.41) is 14.3. The lowest BCUT2D eigenvalue weighted by Gasteiger charge is -2.59. The molecule has 0 amide bonds. The molecular weight excluding hydrogens is 532 g/mol. The number of Topliss-reactive ketones (excluding diaryl/α,β-unsaturated/α-hetero) is 1. The molecule has 7 rings (SSSR count).